The molecule has 5 nitrogen and oxygen atoms in total. The van der Waals surface area contributed by atoms with Gasteiger partial charge in [-0.05, 0) is 30.7 Å². The number of nitrogens with zero attached hydrogens (tertiary/aromatic N) is 2. The summed E-state index contributed by atoms with van der Waals surface area (Å²) in [5.41, 5.74) is 8.16. The number of rotatable bonds is 4. The number of anilines is 1. The SMILES string of the molecule is Cc1ncc(N)cc1C(=O)OCCc1ccncc1. The minimum atomic E-state index is -0.397. The smallest absolute Gasteiger partial charge is 0.340 e. The lowest BCUT2D eigenvalue weighted by molar-refractivity contribution is 0.0508. The van der Waals surface area contributed by atoms with Crippen molar-refractivity contribution < 1.29 is 9.53 Å². The number of nitrogen functional groups attached to an aromatic ring is 1. The number of pyridine rings is 2. The summed E-state index contributed by atoms with van der Waals surface area (Å²) in [7, 11) is 0. The maximum absolute atomic E-state index is 11.9. The number of aryl methyl sites for hydroxylation is 1. The van der Waals surface area contributed by atoms with Crippen LogP contribution in [0.5, 0.6) is 0 Å². The van der Waals surface area contributed by atoms with E-state index in [9.17, 15) is 4.79 Å². The average molecular weight is 257 g/mol. The highest BCUT2D eigenvalue weighted by Crippen LogP contribution is 2.11. The molecular weight excluding hydrogens is 242 g/mol. The van der Waals surface area contributed by atoms with E-state index in [0.717, 1.165) is 5.56 Å². The Bertz CT molecular complexity index is 570. The average Bonchev–Trinajstić information content (AvgIpc) is 2.42. The Morgan fingerprint density at radius 2 is 2.11 bits per heavy atom. The minimum Gasteiger partial charge on any atom is -0.462 e. The predicted molar refractivity (Wildman–Crippen MR) is 71.6 cm³/mol. The van der Waals surface area contributed by atoms with Crippen molar-refractivity contribution in [3.05, 3.63) is 53.6 Å². The quantitative estimate of drug-likeness (QED) is 0.844. The lowest BCUT2D eigenvalue weighted by Gasteiger charge is -2.07. The van der Waals surface area contributed by atoms with Crippen LogP contribution in [0.4, 0.5) is 5.69 Å². The third-order valence-corrected chi connectivity index (χ3v) is 2.70. The first-order valence-electron chi connectivity index (χ1n) is 5.95. The van der Waals surface area contributed by atoms with Gasteiger partial charge in [-0.3, -0.25) is 9.97 Å². The van der Waals surface area contributed by atoms with Gasteiger partial charge in [0.1, 0.15) is 0 Å². The number of carbonyl (C=O) groups excluding carboxylic acids is 1. The first-order chi connectivity index (χ1) is 9.16. The van der Waals surface area contributed by atoms with Crippen LogP contribution >= 0.6 is 0 Å². The van der Waals surface area contributed by atoms with Gasteiger partial charge in [-0.25, -0.2) is 4.79 Å². The Morgan fingerprint density at radius 3 is 2.84 bits per heavy atom. The maximum Gasteiger partial charge on any atom is 0.340 e. The third-order valence-electron chi connectivity index (χ3n) is 2.70. The number of carbonyl (C=O) groups is 1. The molecule has 19 heavy (non-hydrogen) atoms. The summed E-state index contributed by atoms with van der Waals surface area (Å²) in [6.07, 6.45) is 5.60. The zero-order valence-corrected chi connectivity index (χ0v) is 10.7. The fourth-order valence-corrected chi connectivity index (χ4v) is 1.64. The van der Waals surface area contributed by atoms with Gasteiger partial charge in [-0.1, -0.05) is 0 Å². The van der Waals surface area contributed by atoms with E-state index in [0.29, 0.717) is 30.0 Å². The summed E-state index contributed by atoms with van der Waals surface area (Å²) >= 11 is 0. The fourth-order valence-electron chi connectivity index (χ4n) is 1.64. The molecule has 0 aliphatic carbocycles. The van der Waals surface area contributed by atoms with Crippen LogP contribution in [-0.4, -0.2) is 22.5 Å². The standard InChI is InChI=1S/C14H15N3O2/c1-10-13(8-12(15)9-17-10)14(18)19-7-4-11-2-5-16-6-3-11/h2-3,5-6,8-9H,4,7,15H2,1H3. The highest BCUT2D eigenvalue weighted by Gasteiger charge is 2.11. The van der Waals surface area contributed by atoms with Crippen molar-refractivity contribution in [2.45, 2.75) is 13.3 Å². The highest BCUT2D eigenvalue weighted by molar-refractivity contribution is 5.91. The number of hydrogen-bond acceptors (Lipinski definition) is 5. The molecule has 0 bridgehead atoms. The van der Waals surface area contributed by atoms with E-state index in [1.165, 1.54) is 6.20 Å². The maximum atomic E-state index is 11.9. The molecule has 98 valence electrons. The monoisotopic (exact) mass is 257 g/mol. The van der Waals surface area contributed by atoms with Gasteiger partial charge in [-0.2, -0.15) is 0 Å². The summed E-state index contributed by atoms with van der Waals surface area (Å²) in [5, 5.41) is 0. The summed E-state index contributed by atoms with van der Waals surface area (Å²) in [6, 6.07) is 5.36. The van der Waals surface area contributed by atoms with Crippen molar-refractivity contribution in [3.63, 3.8) is 0 Å². The second-order valence-electron chi connectivity index (χ2n) is 4.14. The van der Waals surface area contributed by atoms with E-state index in [4.69, 9.17) is 10.5 Å². The molecule has 0 aliphatic rings. The number of hydrogen-bond donors (Lipinski definition) is 1. The van der Waals surface area contributed by atoms with Crippen LogP contribution in [-0.2, 0) is 11.2 Å². The second kappa shape index (κ2) is 5.95. The minimum absolute atomic E-state index is 0.317. The molecule has 2 aromatic rings. The number of nitrogens with two attached hydrogens (primary N) is 1. The normalized spacial score (nSPS) is 10.2. The molecule has 0 unspecified atom stereocenters. The summed E-state index contributed by atoms with van der Waals surface area (Å²) in [5.74, 6) is -0.397. The van der Waals surface area contributed by atoms with Crippen LogP contribution in [0.2, 0.25) is 0 Å². The molecule has 0 amide bonds. The molecule has 0 saturated carbocycles. The van der Waals surface area contributed by atoms with Crippen molar-refractivity contribution in [1.29, 1.82) is 0 Å². The Hall–Kier alpha value is -2.43. The molecular formula is C14H15N3O2. The third kappa shape index (κ3) is 3.51. The zero-order chi connectivity index (χ0) is 13.7. The van der Waals surface area contributed by atoms with Crippen LogP contribution in [0.3, 0.4) is 0 Å². The van der Waals surface area contributed by atoms with Gasteiger partial charge in [0.2, 0.25) is 0 Å². The molecule has 0 saturated heterocycles. The first-order valence-corrected chi connectivity index (χ1v) is 5.95. The van der Waals surface area contributed by atoms with Gasteiger partial charge in [0.15, 0.2) is 0 Å². The molecule has 2 rings (SSSR count). The van der Waals surface area contributed by atoms with Gasteiger partial charge in [0.25, 0.3) is 0 Å². The topological polar surface area (TPSA) is 78.1 Å². The Morgan fingerprint density at radius 1 is 1.37 bits per heavy atom. The molecule has 0 radical (unpaired) electrons. The molecule has 0 spiro atoms. The molecule has 2 aromatic heterocycles. The Balaban J connectivity index is 1.93. The van der Waals surface area contributed by atoms with Crippen molar-refractivity contribution >= 4 is 11.7 Å². The van der Waals surface area contributed by atoms with Gasteiger partial charge < -0.3 is 10.5 Å². The number of aromatic nitrogens is 2. The van der Waals surface area contributed by atoms with Crippen LogP contribution in [0, 0.1) is 6.92 Å². The largest absolute Gasteiger partial charge is 0.462 e. The van der Waals surface area contributed by atoms with Gasteiger partial charge in [0.05, 0.1) is 29.7 Å². The molecule has 2 heterocycles. The molecule has 5 heteroatoms. The van der Waals surface area contributed by atoms with E-state index in [-0.39, 0.29) is 0 Å². The van der Waals surface area contributed by atoms with E-state index in [2.05, 4.69) is 9.97 Å². The summed E-state index contributed by atoms with van der Waals surface area (Å²) in [4.78, 5) is 19.8. The molecule has 0 atom stereocenters. The van der Waals surface area contributed by atoms with E-state index >= 15 is 0 Å². The fraction of sp³-hybridized carbons (Fsp3) is 0.214. The lowest BCUT2D eigenvalue weighted by Crippen LogP contribution is -2.11. The van der Waals surface area contributed by atoms with Crippen molar-refractivity contribution in [2.24, 2.45) is 0 Å². The van der Waals surface area contributed by atoms with Crippen LogP contribution in [0.1, 0.15) is 21.6 Å². The molecule has 2 N–H and O–H groups in total. The Kier molecular flexibility index (Phi) is 4.07. The highest BCUT2D eigenvalue weighted by atomic mass is 16.5. The molecule has 0 aliphatic heterocycles. The van der Waals surface area contributed by atoms with E-state index in [1.807, 2.05) is 12.1 Å². The van der Waals surface area contributed by atoms with Crippen LogP contribution < -0.4 is 5.73 Å². The van der Waals surface area contributed by atoms with Crippen LogP contribution in [0.15, 0.2) is 36.8 Å². The van der Waals surface area contributed by atoms with Crippen LogP contribution in [0.25, 0.3) is 0 Å². The van der Waals surface area contributed by atoms with Crippen molar-refractivity contribution in [2.75, 3.05) is 12.3 Å². The van der Waals surface area contributed by atoms with Gasteiger partial charge in [-0.15, -0.1) is 0 Å². The lowest BCUT2D eigenvalue weighted by atomic mass is 10.2. The summed E-state index contributed by atoms with van der Waals surface area (Å²) < 4.78 is 5.21. The number of esters is 1. The molecule has 0 fully saturated rings. The predicted octanol–water partition coefficient (Wildman–Crippen LogP) is 1.77. The van der Waals surface area contributed by atoms with Crippen molar-refractivity contribution in [1.82, 2.24) is 9.97 Å². The zero-order valence-electron chi connectivity index (χ0n) is 10.7. The van der Waals surface area contributed by atoms with Crippen molar-refractivity contribution in [3.8, 4) is 0 Å². The first kappa shape index (κ1) is 13.0. The van der Waals surface area contributed by atoms with Gasteiger partial charge >= 0.3 is 5.97 Å². The number of ether oxygens (including phenoxy) is 1. The summed E-state index contributed by atoms with van der Waals surface area (Å²) in [6.45, 7) is 2.07. The van der Waals surface area contributed by atoms with E-state index < -0.39 is 5.97 Å². The second-order valence-corrected chi connectivity index (χ2v) is 4.14. The molecule has 0 aromatic carbocycles. The van der Waals surface area contributed by atoms with Gasteiger partial charge in [0, 0.05) is 18.8 Å². The Labute approximate surface area is 111 Å². The van der Waals surface area contributed by atoms with E-state index in [1.54, 1.807) is 25.4 Å².